The molecule has 0 rings (SSSR count). The molecule has 0 saturated heterocycles. The van der Waals surface area contributed by atoms with Crippen LogP contribution in [0.5, 0.6) is 0 Å². The molecule has 0 fully saturated rings. The third-order valence-electron chi connectivity index (χ3n) is 4.53. The number of ether oxygens (including phenoxy) is 1. The second-order valence-electron chi connectivity index (χ2n) is 6.96. The highest BCUT2D eigenvalue weighted by molar-refractivity contribution is 5.68. The molecule has 3 nitrogen and oxygen atoms in total. The SMILES string of the molecule is CCC(=O)OC.CCCCCCCCCCCCCCCCCCO. The van der Waals surface area contributed by atoms with Crippen LogP contribution in [-0.4, -0.2) is 24.8 Å². The van der Waals surface area contributed by atoms with Crippen molar-refractivity contribution in [1.29, 1.82) is 0 Å². The second kappa shape index (κ2) is 25.7. The first kappa shape index (κ1) is 26.7. The Bertz CT molecular complexity index is 219. The van der Waals surface area contributed by atoms with Crippen molar-refractivity contribution in [3.05, 3.63) is 0 Å². The van der Waals surface area contributed by atoms with Gasteiger partial charge in [-0.05, 0) is 6.42 Å². The molecule has 0 aromatic heterocycles. The molecule has 0 atom stereocenters. The maximum atomic E-state index is 9.96. The van der Waals surface area contributed by atoms with Gasteiger partial charge in [0, 0.05) is 13.0 Å². The predicted octanol–water partition coefficient (Wildman–Crippen LogP) is 6.81. The molecule has 0 heterocycles. The van der Waals surface area contributed by atoms with Crippen molar-refractivity contribution < 1.29 is 14.6 Å². The molecular weight excluding hydrogens is 312 g/mol. The average molecular weight is 359 g/mol. The Balaban J connectivity index is 0. The van der Waals surface area contributed by atoms with Gasteiger partial charge in [-0.2, -0.15) is 0 Å². The second-order valence-corrected chi connectivity index (χ2v) is 6.96. The zero-order valence-corrected chi connectivity index (χ0v) is 17.5. The van der Waals surface area contributed by atoms with Gasteiger partial charge in [-0.3, -0.25) is 4.79 Å². The van der Waals surface area contributed by atoms with Crippen LogP contribution in [0.3, 0.4) is 0 Å². The van der Waals surface area contributed by atoms with E-state index in [0.717, 1.165) is 6.42 Å². The number of rotatable bonds is 17. The van der Waals surface area contributed by atoms with Crippen LogP contribution in [0.4, 0.5) is 0 Å². The number of unbranched alkanes of at least 4 members (excludes halogenated alkanes) is 15. The van der Waals surface area contributed by atoms with Crippen LogP contribution in [0.2, 0.25) is 0 Å². The highest BCUT2D eigenvalue weighted by Gasteiger charge is 1.94. The van der Waals surface area contributed by atoms with Crippen LogP contribution in [0.25, 0.3) is 0 Å². The van der Waals surface area contributed by atoms with E-state index in [2.05, 4.69) is 11.7 Å². The Morgan fingerprint density at radius 2 is 0.960 bits per heavy atom. The third kappa shape index (κ3) is 28.5. The van der Waals surface area contributed by atoms with Crippen LogP contribution in [0, 0.1) is 0 Å². The molecule has 0 spiro atoms. The normalized spacial score (nSPS) is 10.2. The van der Waals surface area contributed by atoms with Crippen molar-refractivity contribution in [3.8, 4) is 0 Å². The topological polar surface area (TPSA) is 46.5 Å². The van der Waals surface area contributed by atoms with Gasteiger partial charge in [0.15, 0.2) is 0 Å². The van der Waals surface area contributed by atoms with E-state index < -0.39 is 0 Å². The lowest BCUT2D eigenvalue weighted by Gasteiger charge is -2.03. The van der Waals surface area contributed by atoms with Crippen molar-refractivity contribution in [2.75, 3.05) is 13.7 Å². The first-order chi connectivity index (χ1) is 12.2. The summed E-state index contributed by atoms with van der Waals surface area (Å²) in [4.78, 5) is 9.96. The van der Waals surface area contributed by atoms with Crippen LogP contribution in [0.1, 0.15) is 123 Å². The third-order valence-corrected chi connectivity index (χ3v) is 4.53. The van der Waals surface area contributed by atoms with Gasteiger partial charge >= 0.3 is 5.97 Å². The summed E-state index contributed by atoms with van der Waals surface area (Å²) in [5.41, 5.74) is 0. The number of aliphatic hydroxyl groups is 1. The number of carbonyl (C=O) groups excluding carboxylic acids is 1. The fourth-order valence-corrected chi connectivity index (χ4v) is 2.80. The van der Waals surface area contributed by atoms with E-state index in [-0.39, 0.29) is 5.97 Å². The summed E-state index contributed by atoms with van der Waals surface area (Å²) in [6, 6.07) is 0. The van der Waals surface area contributed by atoms with E-state index in [0.29, 0.717) is 13.0 Å². The van der Waals surface area contributed by atoms with E-state index >= 15 is 0 Å². The molecule has 1 N–H and O–H groups in total. The summed E-state index contributed by atoms with van der Waals surface area (Å²) in [6.45, 7) is 4.41. The first-order valence-corrected chi connectivity index (χ1v) is 10.9. The lowest BCUT2D eigenvalue weighted by Crippen LogP contribution is -1.94. The van der Waals surface area contributed by atoms with E-state index in [1.165, 1.54) is 103 Å². The largest absolute Gasteiger partial charge is 0.469 e. The maximum absolute atomic E-state index is 9.96. The number of aliphatic hydroxyl groups excluding tert-OH is 1. The average Bonchev–Trinajstić information content (AvgIpc) is 2.64. The molecule has 0 unspecified atom stereocenters. The molecule has 0 radical (unpaired) electrons. The molecule has 0 saturated carbocycles. The number of esters is 1. The van der Waals surface area contributed by atoms with Crippen LogP contribution in [0.15, 0.2) is 0 Å². The van der Waals surface area contributed by atoms with Gasteiger partial charge in [-0.1, -0.05) is 110 Å². The highest BCUT2D eigenvalue weighted by atomic mass is 16.5. The van der Waals surface area contributed by atoms with Gasteiger partial charge in [-0.15, -0.1) is 0 Å². The fraction of sp³-hybridized carbons (Fsp3) is 0.955. The molecule has 3 heteroatoms. The summed E-state index contributed by atoms with van der Waals surface area (Å²) >= 11 is 0. The Hall–Kier alpha value is -0.570. The van der Waals surface area contributed by atoms with Crippen molar-refractivity contribution in [2.24, 2.45) is 0 Å². The van der Waals surface area contributed by atoms with Gasteiger partial charge in [-0.25, -0.2) is 0 Å². The van der Waals surface area contributed by atoms with Gasteiger partial charge in [0.1, 0.15) is 0 Å². The van der Waals surface area contributed by atoms with Gasteiger partial charge in [0.2, 0.25) is 0 Å². The molecular formula is C22H46O3. The number of carbonyl (C=O) groups is 1. The van der Waals surface area contributed by atoms with Crippen molar-refractivity contribution in [3.63, 3.8) is 0 Å². The van der Waals surface area contributed by atoms with Crippen LogP contribution < -0.4 is 0 Å². The van der Waals surface area contributed by atoms with Gasteiger partial charge < -0.3 is 9.84 Å². The molecule has 0 aliphatic heterocycles. The predicted molar refractivity (Wildman–Crippen MR) is 109 cm³/mol. The van der Waals surface area contributed by atoms with Crippen LogP contribution in [-0.2, 0) is 9.53 Å². The number of methoxy groups -OCH3 is 1. The monoisotopic (exact) mass is 358 g/mol. The fourth-order valence-electron chi connectivity index (χ4n) is 2.80. The van der Waals surface area contributed by atoms with Gasteiger partial charge in [0.25, 0.3) is 0 Å². The van der Waals surface area contributed by atoms with E-state index in [9.17, 15) is 4.79 Å². The standard InChI is InChI=1S/C18H38O.C4H8O2/c1-2-3-4-5-6-7-8-9-10-11-12-13-14-15-16-17-18-19;1-3-4(5)6-2/h19H,2-18H2,1H3;3H2,1-2H3. The minimum atomic E-state index is -0.157. The van der Waals surface area contributed by atoms with Crippen LogP contribution >= 0.6 is 0 Å². The summed E-state index contributed by atoms with van der Waals surface area (Å²) in [6.07, 6.45) is 22.6. The first-order valence-electron chi connectivity index (χ1n) is 10.9. The minimum absolute atomic E-state index is 0.157. The molecule has 0 bridgehead atoms. The van der Waals surface area contributed by atoms with E-state index in [1.54, 1.807) is 6.92 Å². The summed E-state index contributed by atoms with van der Waals surface area (Å²) in [5, 5.41) is 8.67. The summed E-state index contributed by atoms with van der Waals surface area (Å²) in [7, 11) is 1.38. The Kier molecular flexibility index (Phi) is 27.4. The Morgan fingerprint density at radius 1 is 0.640 bits per heavy atom. The maximum Gasteiger partial charge on any atom is 0.305 e. The lowest BCUT2D eigenvalue weighted by molar-refractivity contribution is -0.140. The Labute approximate surface area is 157 Å². The van der Waals surface area contributed by atoms with Crippen molar-refractivity contribution >= 4 is 5.97 Å². The summed E-state index contributed by atoms with van der Waals surface area (Å²) < 4.78 is 4.26. The number of hydrogen-bond acceptors (Lipinski definition) is 3. The molecule has 0 aliphatic carbocycles. The smallest absolute Gasteiger partial charge is 0.305 e. The van der Waals surface area contributed by atoms with E-state index in [4.69, 9.17) is 5.11 Å². The quantitative estimate of drug-likeness (QED) is 0.229. The van der Waals surface area contributed by atoms with Crippen molar-refractivity contribution in [2.45, 2.75) is 123 Å². The molecule has 0 amide bonds. The minimum Gasteiger partial charge on any atom is -0.469 e. The zero-order valence-electron chi connectivity index (χ0n) is 17.5. The molecule has 0 aromatic carbocycles. The van der Waals surface area contributed by atoms with Crippen molar-refractivity contribution in [1.82, 2.24) is 0 Å². The lowest BCUT2D eigenvalue weighted by atomic mass is 10.0. The van der Waals surface area contributed by atoms with Gasteiger partial charge in [0.05, 0.1) is 7.11 Å². The summed E-state index contributed by atoms with van der Waals surface area (Å²) in [5.74, 6) is -0.157. The molecule has 0 aromatic rings. The number of hydrogen-bond donors (Lipinski definition) is 1. The highest BCUT2D eigenvalue weighted by Crippen LogP contribution is 2.13. The molecule has 152 valence electrons. The molecule has 0 aliphatic rings. The van der Waals surface area contributed by atoms with E-state index in [1.807, 2.05) is 0 Å². The zero-order chi connectivity index (χ0) is 19.0. The Morgan fingerprint density at radius 3 is 1.16 bits per heavy atom. The molecule has 25 heavy (non-hydrogen) atoms.